The van der Waals surface area contributed by atoms with Gasteiger partial charge >= 0.3 is 0 Å². The predicted octanol–water partition coefficient (Wildman–Crippen LogP) is 6.91. The van der Waals surface area contributed by atoms with E-state index in [0.717, 1.165) is 19.3 Å². The van der Waals surface area contributed by atoms with E-state index in [0.29, 0.717) is 17.3 Å². The molecule has 4 nitrogen and oxygen atoms in total. The van der Waals surface area contributed by atoms with Crippen molar-refractivity contribution >= 4 is 5.91 Å². The first-order chi connectivity index (χ1) is 14.4. The third-order valence-electron chi connectivity index (χ3n) is 6.66. The average molecular weight is 428 g/mol. The molecule has 0 aliphatic rings. The van der Waals surface area contributed by atoms with E-state index in [4.69, 9.17) is 0 Å². The van der Waals surface area contributed by atoms with Crippen LogP contribution in [0.4, 0.5) is 0 Å². The molecular weight excluding hydrogens is 372 g/mol. The van der Waals surface area contributed by atoms with Gasteiger partial charge in [-0.2, -0.15) is 0 Å². The van der Waals surface area contributed by atoms with Gasteiger partial charge in [-0.05, 0) is 6.42 Å². The van der Waals surface area contributed by atoms with Crippen LogP contribution in [0.3, 0.4) is 0 Å². The highest BCUT2D eigenvalue weighted by Gasteiger charge is 2.33. The summed E-state index contributed by atoms with van der Waals surface area (Å²) in [5.74, 6) is 0.131. The number of nitrogens with one attached hydrogen (secondary N) is 1. The minimum Gasteiger partial charge on any atom is -0.345 e. The molecule has 0 rings (SSSR count). The Morgan fingerprint density at radius 2 is 1.10 bits per heavy atom. The Labute approximate surface area is 188 Å². The second-order valence-electron chi connectivity index (χ2n) is 9.71. The van der Waals surface area contributed by atoms with E-state index in [2.05, 4.69) is 19.2 Å². The highest BCUT2D eigenvalue weighted by atomic mass is 16.3. The molecule has 2 unspecified atom stereocenters. The maximum atomic E-state index is 12.3. The molecule has 0 aliphatic heterocycles. The van der Waals surface area contributed by atoms with E-state index in [-0.39, 0.29) is 12.1 Å². The molecule has 0 spiro atoms. The number of aliphatic hydroxyl groups excluding tert-OH is 1. The fourth-order valence-electron chi connectivity index (χ4n) is 4.33. The summed E-state index contributed by atoms with van der Waals surface area (Å²) < 4.78 is 0.428. The summed E-state index contributed by atoms with van der Waals surface area (Å²) in [5.41, 5.74) is 0. The summed E-state index contributed by atoms with van der Waals surface area (Å²) in [6, 6.07) is 0. The van der Waals surface area contributed by atoms with Crippen LogP contribution in [0.15, 0.2) is 0 Å². The van der Waals surface area contributed by atoms with E-state index >= 15 is 0 Å². The van der Waals surface area contributed by atoms with Crippen molar-refractivity contribution in [2.24, 2.45) is 0 Å². The van der Waals surface area contributed by atoms with Gasteiger partial charge in [-0.1, -0.05) is 111 Å². The molecular formula is C26H55N2O2+. The third kappa shape index (κ3) is 14.4. The lowest BCUT2D eigenvalue weighted by molar-refractivity contribution is -0.961. The highest BCUT2D eigenvalue weighted by Crippen LogP contribution is 2.16. The number of nitrogens with zero attached hydrogens (tertiary/aromatic N) is 1. The van der Waals surface area contributed by atoms with Crippen LogP contribution in [0.5, 0.6) is 0 Å². The first kappa shape index (κ1) is 29.4. The quantitative estimate of drug-likeness (QED) is 0.119. The molecule has 0 aromatic rings. The second kappa shape index (κ2) is 19.1. The zero-order valence-corrected chi connectivity index (χ0v) is 21.2. The zero-order chi connectivity index (χ0) is 22.7. The summed E-state index contributed by atoms with van der Waals surface area (Å²) in [4.78, 5) is 12.3. The molecule has 0 bridgehead atoms. The Morgan fingerprint density at radius 3 is 1.47 bits per heavy atom. The summed E-state index contributed by atoms with van der Waals surface area (Å²) in [6.45, 7) is 6.33. The second-order valence-corrected chi connectivity index (χ2v) is 9.71. The van der Waals surface area contributed by atoms with Crippen LogP contribution in [0.25, 0.3) is 0 Å². The first-order valence-electron chi connectivity index (χ1n) is 13.2. The van der Waals surface area contributed by atoms with Crippen molar-refractivity contribution in [3.05, 3.63) is 0 Å². The van der Waals surface area contributed by atoms with Crippen LogP contribution >= 0.6 is 0 Å². The van der Waals surface area contributed by atoms with E-state index in [9.17, 15) is 9.90 Å². The van der Waals surface area contributed by atoms with Crippen LogP contribution in [-0.2, 0) is 4.79 Å². The van der Waals surface area contributed by atoms with Gasteiger partial charge in [0, 0.05) is 19.3 Å². The SMILES string of the molecule is CCCCCCCCCCCCCCCCCC(=O)NC(CC)[N+](C)(C)C(O)CC. The summed E-state index contributed by atoms with van der Waals surface area (Å²) in [7, 11) is 3.99. The van der Waals surface area contributed by atoms with Gasteiger partial charge in [0.25, 0.3) is 0 Å². The van der Waals surface area contributed by atoms with Crippen LogP contribution in [0.2, 0.25) is 0 Å². The highest BCUT2D eigenvalue weighted by molar-refractivity contribution is 5.75. The summed E-state index contributed by atoms with van der Waals surface area (Å²) in [6.07, 6.45) is 21.8. The van der Waals surface area contributed by atoms with Crippen LogP contribution < -0.4 is 5.32 Å². The lowest BCUT2D eigenvalue weighted by Crippen LogP contribution is -2.61. The zero-order valence-electron chi connectivity index (χ0n) is 21.2. The molecule has 2 atom stereocenters. The Kier molecular flexibility index (Phi) is 18.7. The Balaban J connectivity index is 3.58. The standard InChI is InChI=1S/C26H54N2O2/c1-6-9-10-11-12-13-14-15-16-17-18-19-20-21-22-23-25(29)27-24(7-2)28(4,5)26(30)8-3/h24,26,30H,6-23H2,1-5H3/p+1. The molecule has 180 valence electrons. The van der Waals surface area contributed by atoms with E-state index in [1.165, 1.54) is 83.5 Å². The number of aliphatic hydroxyl groups is 1. The van der Waals surface area contributed by atoms with Gasteiger partial charge in [-0.15, -0.1) is 0 Å². The van der Waals surface area contributed by atoms with Crippen molar-refractivity contribution in [1.82, 2.24) is 5.32 Å². The van der Waals surface area contributed by atoms with Gasteiger partial charge in [0.15, 0.2) is 12.4 Å². The number of hydrogen-bond acceptors (Lipinski definition) is 2. The maximum Gasteiger partial charge on any atom is 0.224 e. The molecule has 2 N–H and O–H groups in total. The topological polar surface area (TPSA) is 49.3 Å². The molecule has 1 amide bonds. The third-order valence-corrected chi connectivity index (χ3v) is 6.66. The fourth-order valence-corrected chi connectivity index (χ4v) is 4.33. The molecule has 0 aliphatic carbocycles. The number of carbonyl (C=O) groups is 1. The summed E-state index contributed by atoms with van der Waals surface area (Å²) >= 11 is 0. The number of rotatable bonds is 21. The van der Waals surface area contributed by atoms with Crippen molar-refractivity contribution in [1.29, 1.82) is 0 Å². The van der Waals surface area contributed by atoms with E-state index < -0.39 is 6.23 Å². The van der Waals surface area contributed by atoms with Crippen molar-refractivity contribution in [2.45, 2.75) is 149 Å². The van der Waals surface area contributed by atoms with Gasteiger partial charge in [0.1, 0.15) is 0 Å². The lowest BCUT2D eigenvalue weighted by atomic mass is 10.0. The molecule has 0 radical (unpaired) electrons. The van der Waals surface area contributed by atoms with Gasteiger partial charge < -0.3 is 10.4 Å². The van der Waals surface area contributed by atoms with E-state index in [1.54, 1.807) is 0 Å². The number of carbonyl (C=O) groups excluding carboxylic acids is 1. The first-order valence-corrected chi connectivity index (χ1v) is 13.2. The Bertz CT molecular complexity index is 398. The average Bonchev–Trinajstić information content (AvgIpc) is 2.73. The predicted molar refractivity (Wildman–Crippen MR) is 130 cm³/mol. The maximum absolute atomic E-state index is 12.3. The Morgan fingerprint density at radius 1 is 0.700 bits per heavy atom. The molecule has 0 saturated heterocycles. The lowest BCUT2D eigenvalue weighted by Gasteiger charge is -2.41. The van der Waals surface area contributed by atoms with Crippen LogP contribution in [0.1, 0.15) is 136 Å². The van der Waals surface area contributed by atoms with Crippen LogP contribution in [0, 0.1) is 0 Å². The molecule has 0 heterocycles. The molecule has 30 heavy (non-hydrogen) atoms. The minimum absolute atomic E-state index is 0.0243. The number of unbranched alkanes of at least 4 members (excludes halogenated alkanes) is 14. The number of amides is 1. The molecule has 4 heteroatoms. The van der Waals surface area contributed by atoms with Crippen LogP contribution in [-0.4, -0.2) is 42.0 Å². The molecule has 0 aromatic heterocycles. The largest absolute Gasteiger partial charge is 0.345 e. The smallest absolute Gasteiger partial charge is 0.224 e. The number of hydrogen-bond donors (Lipinski definition) is 2. The molecule has 0 aromatic carbocycles. The van der Waals surface area contributed by atoms with Gasteiger partial charge in [-0.3, -0.25) is 9.28 Å². The molecule has 0 fully saturated rings. The van der Waals surface area contributed by atoms with Crippen molar-refractivity contribution in [2.75, 3.05) is 14.1 Å². The number of quaternary nitrogens is 1. The monoisotopic (exact) mass is 427 g/mol. The van der Waals surface area contributed by atoms with Gasteiger partial charge in [0.05, 0.1) is 14.1 Å². The normalized spacial score (nSPS) is 13.9. The van der Waals surface area contributed by atoms with Crippen molar-refractivity contribution in [3.63, 3.8) is 0 Å². The van der Waals surface area contributed by atoms with E-state index in [1.807, 2.05) is 21.0 Å². The minimum atomic E-state index is -0.443. The summed E-state index contributed by atoms with van der Waals surface area (Å²) in [5, 5.41) is 13.4. The van der Waals surface area contributed by atoms with Crippen molar-refractivity contribution < 1.29 is 14.4 Å². The Hall–Kier alpha value is -0.610. The van der Waals surface area contributed by atoms with Gasteiger partial charge in [-0.25, -0.2) is 0 Å². The van der Waals surface area contributed by atoms with Gasteiger partial charge in [0.2, 0.25) is 5.91 Å². The molecule has 0 saturated carbocycles. The fraction of sp³-hybridized carbons (Fsp3) is 0.962. The van der Waals surface area contributed by atoms with Crippen molar-refractivity contribution in [3.8, 4) is 0 Å².